The van der Waals surface area contributed by atoms with E-state index in [0.717, 1.165) is 33.8 Å². The van der Waals surface area contributed by atoms with Crippen molar-refractivity contribution in [2.75, 3.05) is 0 Å². The number of halogens is 2. The Morgan fingerprint density at radius 1 is 1.20 bits per heavy atom. The van der Waals surface area contributed by atoms with Gasteiger partial charge < -0.3 is 4.40 Å². The van der Waals surface area contributed by atoms with Gasteiger partial charge in [0.15, 0.2) is 0 Å². The van der Waals surface area contributed by atoms with Gasteiger partial charge in [-0.25, -0.2) is 4.98 Å². The normalized spacial score (nSPS) is 11.2. The molecule has 2 heterocycles. The van der Waals surface area contributed by atoms with Crippen LogP contribution < -0.4 is 0 Å². The van der Waals surface area contributed by atoms with Crippen molar-refractivity contribution in [2.45, 2.75) is 19.8 Å². The lowest BCUT2D eigenvalue weighted by Crippen LogP contribution is -1.98. The summed E-state index contributed by atoms with van der Waals surface area (Å²) in [6, 6.07) is 12.2. The lowest BCUT2D eigenvalue weighted by molar-refractivity contribution is 0.850. The van der Waals surface area contributed by atoms with Gasteiger partial charge in [-0.2, -0.15) is 0 Å². The number of rotatable bonds is 3. The molecule has 0 aliphatic heterocycles. The number of fused-ring (bicyclic) bond motifs is 1. The van der Waals surface area contributed by atoms with Crippen LogP contribution in [0.25, 0.3) is 5.52 Å². The number of nitrogens with zero attached hydrogens (tertiary/aromatic N) is 2. The zero-order valence-electron chi connectivity index (χ0n) is 11.1. The van der Waals surface area contributed by atoms with Crippen molar-refractivity contribution in [3.63, 3.8) is 0 Å². The van der Waals surface area contributed by atoms with Gasteiger partial charge in [0, 0.05) is 17.6 Å². The molecular formula is C16H14BrClN2. The minimum Gasteiger partial charge on any atom is -0.302 e. The molecule has 0 amide bonds. The third-order valence-electron chi connectivity index (χ3n) is 3.34. The van der Waals surface area contributed by atoms with Crippen molar-refractivity contribution in [1.29, 1.82) is 0 Å². The van der Waals surface area contributed by atoms with Gasteiger partial charge in [0.25, 0.3) is 0 Å². The second-order valence-electron chi connectivity index (χ2n) is 4.91. The Labute approximate surface area is 131 Å². The first-order valence-corrected chi connectivity index (χ1v) is 7.68. The summed E-state index contributed by atoms with van der Waals surface area (Å²) in [7, 11) is 0. The lowest BCUT2D eigenvalue weighted by atomic mass is 10.1. The maximum atomic E-state index is 6.02. The van der Waals surface area contributed by atoms with Crippen LogP contribution in [0, 0.1) is 6.92 Å². The molecule has 2 nitrogen and oxygen atoms in total. The van der Waals surface area contributed by atoms with Crippen molar-refractivity contribution in [3.8, 4) is 0 Å². The van der Waals surface area contributed by atoms with Crippen LogP contribution in [0.15, 0.2) is 47.2 Å². The molecule has 1 aromatic carbocycles. The van der Waals surface area contributed by atoms with Gasteiger partial charge in [0.05, 0.1) is 5.52 Å². The summed E-state index contributed by atoms with van der Waals surface area (Å²) >= 11 is 9.55. The van der Waals surface area contributed by atoms with Gasteiger partial charge in [0.2, 0.25) is 0 Å². The predicted molar refractivity (Wildman–Crippen MR) is 86.5 cm³/mol. The molecule has 0 aliphatic rings. The summed E-state index contributed by atoms with van der Waals surface area (Å²) in [6.07, 6.45) is 3.94. The summed E-state index contributed by atoms with van der Waals surface area (Å²) in [6.45, 7) is 2.09. The van der Waals surface area contributed by atoms with E-state index in [0.29, 0.717) is 0 Å². The molecule has 0 atom stereocenters. The van der Waals surface area contributed by atoms with Crippen LogP contribution >= 0.6 is 27.5 Å². The van der Waals surface area contributed by atoms with E-state index in [2.05, 4.69) is 56.6 Å². The van der Waals surface area contributed by atoms with Gasteiger partial charge in [0.1, 0.15) is 10.4 Å². The first kappa shape index (κ1) is 13.7. The largest absolute Gasteiger partial charge is 0.302 e. The summed E-state index contributed by atoms with van der Waals surface area (Å²) < 4.78 is 3.06. The van der Waals surface area contributed by atoms with Gasteiger partial charge in [-0.1, -0.05) is 29.8 Å². The molecule has 102 valence electrons. The van der Waals surface area contributed by atoms with Gasteiger partial charge in [-0.3, -0.25) is 0 Å². The van der Waals surface area contributed by atoms with Crippen LogP contribution in [0.1, 0.15) is 17.0 Å². The summed E-state index contributed by atoms with van der Waals surface area (Å²) in [4.78, 5) is 4.62. The quantitative estimate of drug-likeness (QED) is 0.661. The van der Waals surface area contributed by atoms with E-state index in [-0.39, 0.29) is 0 Å². The predicted octanol–water partition coefficient (Wildman–Crippen LogP) is 4.84. The number of aryl methyl sites for hydroxylation is 3. The van der Waals surface area contributed by atoms with Gasteiger partial charge in [-0.05, 0) is 58.6 Å². The summed E-state index contributed by atoms with van der Waals surface area (Å²) in [5.41, 5.74) is 3.57. The maximum Gasteiger partial charge on any atom is 0.132 e. The van der Waals surface area contributed by atoms with Crippen LogP contribution in [-0.2, 0) is 12.8 Å². The van der Waals surface area contributed by atoms with Crippen LogP contribution in [-0.4, -0.2) is 9.38 Å². The Bertz CT molecular complexity index is 764. The van der Waals surface area contributed by atoms with Crippen molar-refractivity contribution in [2.24, 2.45) is 0 Å². The Morgan fingerprint density at radius 2 is 2.05 bits per heavy atom. The van der Waals surface area contributed by atoms with Crippen molar-refractivity contribution < 1.29 is 0 Å². The zero-order valence-corrected chi connectivity index (χ0v) is 13.4. The van der Waals surface area contributed by atoms with Crippen molar-refractivity contribution in [3.05, 3.63) is 69.2 Å². The molecule has 3 aromatic rings. The molecule has 0 saturated heterocycles. The van der Waals surface area contributed by atoms with Crippen LogP contribution in [0.3, 0.4) is 0 Å². The van der Waals surface area contributed by atoms with E-state index in [9.17, 15) is 0 Å². The number of hydrogen-bond acceptors (Lipinski definition) is 1. The summed E-state index contributed by atoms with van der Waals surface area (Å²) in [5.74, 6) is 1.07. The highest BCUT2D eigenvalue weighted by molar-refractivity contribution is 9.10. The van der Waals surface area contributed by atoms with E-state index in [1.807, 2.05) is 18.2 Å². The first-order valence-electron chi connectivity index (χ1n) is 6.51. The molecule has 0 radical (unpaired) electrons. The number of benzene rings is 1. The Kier molecular flexibility index (Phi) is 3.81. The maximum absolute atomic E-state index is 6.02. The molecule has 0 N–H and O–H groups in total. The molecular weight excluding hydrogens is 336 g/mol. The molecule has 0 spiro atoms. The lowest BCUT2D eigenvalue weighted by Gasteiger charge is -2.03. The second kappa shape index (κ2) is 5.58. The van der Waals surface area contributed by atoms with E-state index >= 15 is 0 Å². The number of imidazole rings is 1. The number of aromatic nitrogens is 2. The Hall–Kier alpha value is -1.32. The Morgan fingerprint density at radius 3 is 2.85 bits per heavy atom. The molecule has 3 rings (SSSR count). The fourth-order valence-corrected chi connectivity index (χ4v) is 3.08. The van der Waals surface area contributed by atoms with E-state index < -0.39 is 0 Å². The molecule has 20 heavy (non-hydrogen) atoms. The third-order valence-corrected chi connectivity index (χ3v) is 4.16. The minimum absolute atomic E-state index is 0.785. The fourth-order valence-electron chi connectivity index (χ4n) is 2.34. The van der Waals surface area contributed by atoms with E-state index in [1.54, 1.807) is 0 Å². The molecule has 0 unspecified atom stereocenters. The zero-order chi connectivity index (χ0) is 14.1. The van der Waals surface area contributed by atoms with Crippen LogP contribution in [0.2, 0.25) is 5.02 Å². The Balaban J connectivity index is 1.89. The minimum atomic E-state index is 0.785. The monoisotopic (exact) mass is 348 g/mol. The highest BCUT2D eigenvalue weighted by atomic mass is 79.9. The fraction of sp³-hybridized carbons (Fsp3) is 0.188. The first-order chi connectivity index (χ1) is 9.63. The smallest absolute Gasteiger partial charge is 0.132 e. The van der Waals surface area contributed by atoms with Gasteiger partial charge >= 0.3 is 0 Å². The molecule has 0 aliphatic carbocycles. The molecule has 4 heteroatoms. The number of pyridine rings is 1. The summed E-state index contributed by atoms with van der Waals surface area (Å²) in [5, 5.41) is 0.785. The van der Waals surface area contributed by atoms with Crippen LogP contribution in [0.4, 0.5) is 0 Å². The van der Waals surface area contributed by atoms with Crippen LogP contribution in [0.5, 0.6) is 0 Å². The van der Waals surface area contributed by atoms with Crippen molar-refractivity contribution >= 4 is 33.0 Å². The highest BCUT2D eigenvalue weighted by Crippen LogP contribution is 2.21. The molecule has 2 aromatic heterocycles. The standard InChI is InChI=1S/C16H14BrClN2/c1-11-5-7-14-16(17)19-15(20(14)10-11)8-6-12-3-2-4-13(18)9-12/h2-5,7,9-10H,6,8H2,1H3. The SMILES string of the molecule is Cc1ccc2c(Br)nc(CCc3cccc(Cl)c3)n2c1. The average molecular weight is 350 g/mol. The van der Waals surface area contributed by atoms with Crippen molar-refractivity contribution in [1.82, 2.24) is 9.38 Å². The second-order valence-corrected chi connectivity index (χ2v) is 6.10. The van der Waals surface area contributed by atoms with E-state index in [1.165, 1.54) is 11.1 Å². The average Bonchev–Trinajstić information content (AvgIpc) is 2.73. The number of hydrogen-bond donors (Lipinski definition) is 0. The topological polar surface area (TPSA) is 17.3 Å². The molecule has 0 bridgehead atoms. The van der Waals surface area contributed by atoms with E-state index in [4.69, 9.17) is 11.6 Å². The highest BCUT2D eigenvalue weighted by Gasteiger charge is 2.09. The molecule has 0 saturated carbocycles. The van der Waals surface area contributed by atoms with Gasteiger partial charge in [-0.15, -0.1) is 0 Å². The molecule has 0 fully saturated rings. The third kappa shape index (κ3) is 2.74.